The minimum Gasteiger partial charge on any atom is -0.488 e. The van der Waals surface area contributed by atoms with E-state index in [1.165, 1.54) is 24.1 Å². The monoisotopic (exact) mass is 627 g/mol. The summed E-state index contributed by atoms with van der Waals surface area (Å²) in [5.41, 5.74) is 0.902. The fraction of sp³-hybridized carbons (Fsp3) is 0.344. The maximum atomic E-state index is 13.4. The number of amides is 5. The van der Waals surface area contributed by atoms with Crippen LogP contribution < -0.4 is 20.7 Å². The number of carbonyl (C=O) groups excluding carboxylic acids is 3. The molecule has 4 N–H and O–H groups in total. The number of rotatable bonds is 7. The summed E-state index contributed by atoms with van der Waals surface area (Å²) >= 11 is 0. The van der Waals surface area contributed by atoms with Crippen LogP contribution in [0, 0.1) is 5.92 Å². The number of nitrogens with one attached hydrogen (secondary N) is 3. The van der Waals surface area contributed by atoms with Crippen molar-refractivity contribution in [3.05, 3.63) is 83.9 Å². The topological polar surface area (TPSA) is 123 Å². The molecule has 13 heteroatoms. The summed E-state index contributed by atoms with van der Waals surface area (Å²) in [6.07, 6.45) is -5.17. The average Bonchev–Trinajstić information content (AvgIpc) is 3.04. The van der Waals surface area contributed by atoms with Crippen LogP contribution in [-0.4, -0.2) is 71.8 Å². The molecule has 3 atom stereocenters. The third-order valence-electron chi connectivity index (χ3n) is 7.47. The van der Waals surface area contributed by atoms with Crippen molar-refractivity contribution in [3.63, 3.8) is 0 Å². The van der Waals surface area contributed by atoms with Crippen molar-refractivity contribution in [2.75, 3.05) is 42.7 Å². The number of aliphatic hydroxyl groups excluding tert-OH is 1. The average molecular weight is 628 g/mol. The SMILES string of the molecule is C[C@H](CO)N1C[C@H](C)[C@H](CN(C)C(=O)Nc2ccc(C(F)(F)F)cc2)Oc2ccc(NC(=O)Nc3ccccc3)cc2CC1=O. The van der Waals surface area contributed by atoms with Crippen LogP contribution in [0.25, 0.3) is 0 Å². The third kappa shape index (κ3) is 8.88. The lowest BCUT2D eigenvalue weighted by atomic mass is 10.0. The Labute approximate surface area is 259 Å². The van der Waals surface area contributed by atoms with E-state index in [1.54, 1.807) is 54.3 Å². The molecule has 0 bridgehead atoms. The van der Waals surface area contributed by atoms with Crippen LogP contribution in [0.3, 0.4) is 0 Å². The van der Waals surface area contributed by atoms with Gasteiger partial charge in [-0.05, 0) is 61.5 Å². The second kappa shape index (κ2) is 14.3. The molecule has 0 spiro atoms. The van der Waals surface area contributed by atoms with E-state index in [0.717, 1.165) is 12.1 Å². The lowest BCUT2D eigenvalue weighted by molar-refractivity contribution is -0.137. The molecule has 0 aromatic heterocycles. The number of ether oxygens (including phenoxy) is 1. The zero-order chi connectivity index (χ0) is 32.7. The number of para-hydroxylation sites is 1. The van der Waals surface area contributed by atoms with E-state index in [4.69, 9.17) is 4.74 Å². The predicted octanol–water partition coefficient (Wildman–Crippen LogP) is 5.66. The first-order chi connectivity index (χ1) is 21.3. The molecule has 45 heavy (non-hydrogen) atoms. The number of anilines is 3. The molecule has 0 unspecified atom stereocenters. The molecule has 0 saturated heterocycles. The molecular weight excluding hydrogens is 591 g/mol. The van der Waals surface area contributed by atoms with Gasteiger partial charge in [0.1, 0.15) is 11.9 Å². The van der Waals surface area contributed by atoms with Gasteiger partial charge in [-0.2, -0.15) is 13.2 Å². The van der Waals surface area contributed by atoms with Crippen LogP contribution in [0.15, 0.2) is 72.8 Å². The number of carbonyl (C=O) groups is 3. The van der Waals surface area contributed by atoms with Gasteiger partial charge in [0.05, 0.1) is 31.2 Å². The van der Waals surface area contributed by atoms with Crippen LogP contribution in [0.4, 0.5) is 39.8 Å². The molecular formula is C32H36F3N5O5. The van der Waals surface area contributed by atoms with E-state index < -0.39 is 35.9 Å². The summed E-state index contributed by atoms with van der Waals surface area (Å²) in [4.78, 5) is 41.9. The molecule has 0 radical (unpaired) electrons. The first-order valence-electron chi connectivity index (χ1n) is 14.4. The first kappa shape index (κ1) is 33.1. The van der Waals surface area contributed by atoms with Gasteiger partial charge in [0, 0.05) is 42.1 Å². The van der Waals surface area contributed by atoms with Crippen LogP contribution in [0.2, 0.25) is 0 Å². The van der Waals surface area contributed by atoms with Gasteiger partial charge in [0.15, 0.2) is 0 Å². The Morgan fingerprint density at radius 3 is 2.27 bits per heavy atom. The molecule has 3 aromatic rings. The summed E-state index contributed by atoms with van der Waals surface area (Å²) in [7, 11) is 1.53. The summed E-state index contributed by atoms with van der Waals surface area (Å²) in [5.74, 6) is -0.151. The maximum Gasteiger partial charge on any atom is 0.416 e. The van der Waals surface area contributed by atoms with Gasteiger partial charge in [-0.25, -0.2) is 9.59 Å². The molecule has 4 rings (SSSR count). The lowest BCUT2D eigenvalue weighted by Gasteiger charge is -2.34. The highest BCUT2D eigenvalue weighted by molar-refractivity contribution is 6.00. The second-order valence-electron chi connectivity index (χ2n) is 11.0. The summed E-state index contributed by atoms with van der Waals surface area (Å²) in [5, 5.41) is 18.0. The molecule has 10 nitrogen and oxygen atoms in total. The van der Waals surface area contributed by atoms with Crippen LogP contribution in [0.1, 0.15) is 25.0 Å². The van der Waals surface area contributed by atoms with Gasteiger partial charge >= 0.3 is 18.2 Å². The van der Waals surface area contributed by atoms with Gasteiger partial charge in [-0.3, -0.25) is 4.79 Å². The second-order valence-corrected chi connectivity index (χ2v) is 11.0. The van der Waals surface area contributed by atoms with Crippen molar-refractivity contribution < 1.29 is 37.4 Å². The van der Waals surface area contributed by atoms with Gasteiger partial charge in [-0.15, -0.1) is 0 Å². The predicted molar refractivity (Wildman–Crippen MR) is 164 cm³/mol. The Hall–Kier alpha value is -4.78. The highest BCUT2D eigenvalue weighted by Crippen LogP contribution is 2.31. The lowest BCUT2D eigenvalue weighted by Crippen LogP contribution is -2.48. The van der Waals surface area contributed by atoms with Gasteiger partial charge in [-0.1, -0.05) is 25.1 Å². The zero-order valence-electron chi connectivity index (χ0n) is 25.1. The Bertz CT molecular complexity index is 1490. The molecule has 3 aromatic carbocycles. The van der Waals surface area contributed by atoms with E-state index in [-0.39, 0.29) is 43.6 Å². The number of benzene rings is 3. The number of halogens is 3. The van der Waals surface area contributed by atoms with Crippen molar-refractivity contribution >= 4 is 35.0 Å². The maximum absolute atomic E-state index is 13.4. The highest BCUT2D eigenvalue weighted by Gasteiger charge is 2.32. The zero-order valence-corrected chi connectivity index (χ0v) is 25.1. The number of alkyl halides is 3. The Kier molecular flexibility index (Phi) is 10.6. The van der Waals surface area contributed by atoms with Gasteiger partial charge < -0.3 is 35.6 Å². The van der Waals surface area contributed by atoms with E-state index in [1.807, 2.05) is 13.0 Å². The van der Waals surface area contributed by atoms with Crippen LogP contribution in [0.5, 0.6) is 5.75 Å². The number of hydrogen-bond donors (Lipinski definition) is 4. The van der Waals surface area contributed by atoms with E-state index >= 15 is 0 Å². The molecule has 0 saturated carbocycles. The molecule has 0 aliphatic carbocycles. The normalized spacial score (nSPS) is 17.5. The number of likely N-dealkylation sites (N-methyl/N-ethyl adjacent to an activating group) is 1. The van der Waals surface area contributed by atoms with E-state index in [2.05, 4.69) is 16.0 Å². The molecule has 0 fully saturated rings. The van der Waals surface area contributed by atoms with Crippen LogP contribution in [-0.2, 0) is 17.4 Å². The van der Waals surface area contributed by atoms with Crippen molar-refractivity contribution in [2.24, 2.45) is 5.92 Å². The Morgan fingerprint density at radius 2 is 1.62 bits per heavy atom. The minimum absolute atomic E-state index is 0.0564. The highest BCUT2D eigenvalue weighted by atomic mass is 19.4. The molecule has 5 amide bonds. The van der Waals surface area contributed by atoms with E-state index in [0.29, 0.717) is 22.7 Å². The standard InChI is InChI=1S/C32H36F3N5O5/c1-20-17-40(21(2)19-41)29(42)16-22-15-26(37-30(43)36-24-7-5-4-6-8-24)13-14-27(22)45-28(20)18-39(3)31(44)38-25-11-9-23(10-12-25)32(33,34)35/h4-15,20-21,28,41H,16-19H2,1-3H3,(H,38,44)(H2,36,37,43)/t20-,21+,28-/m0/s1. The quantitative estimate of drug-likeness (QED) is 0.269. The third-order valence-corrected chi connectivity index (χ3v) is 7.47. The van der Waals surface area contributed by atoms with Gasteiger partial charge in [0.2, 0.25) is 5.91 Å². The molecule has 1 heterocycles. The summed E-state index contributed by atoms with van der Waals surface area (Å²) < 4.78 is 45.2. The molecule has 1 aliphatic heterocycles. The smallest absolute Gasteiger partial charge is 0.416 e. The van der Waals surface area contributed by atoms with E-state index in [9.17, 15) is 32.7 Å². The fourth-order valence-electron chi connectivity index (χ4n) is 4.85. The molecule has 1 aliphatic rings. The summed E-state index contributed by atoms with van der Waals surface area (Å²) in [6, 6.07) is 16.4. The number of aliphatic hydroxyl groups is 1. The van der Waals surface area contributed by atoms with Crippen molar-refractivity contribution in [3.8, 4) is 5.75 Å². The number of fused-ring (bicyclic) bond motifs is 1. The Balaban J connectivity index is 1.53. The minimum atomic E-state index is -4.49. The number of hydrogen-bond acceptors (Lipinski definition) is 5. The fourth-order valence-corrected chi connectivity index (χ4v) is 4.85. The number of urea groups is 2. The largest absolute Gasteiger partial charge is 0.488 e. The first-order valence-corrected chi connectivity index (χ1v) is 14.4. The molecule has 240 valence electrons. The van der Waals surface area contributed by atoms with Crippen molar-refractivity contribution in [1.82, 2.24) is 9.80 Å². The van der Waals surface area contributed by atoms with Crippen molar-refractivity contribution in [1.29, 1.82) is 0 Å². The number of nitrogens with zero attached hydrogens (tertiary/aromatic N) is 2. The Morgan fingerprint density at radius 1 is 1.00 bits per heavy atom. The van der Waals surface area contributed by atoms with Gasteiger partial charge in [0.25, 0.3) is 0 Å². The summed E-state index contributed by atoms with van der Waals surface area (Å²) in [6.45, 7) is 3.65. The van der Waals surface area contributed by atoms with Crippen LogP contribution >= 0.6 is 0 Å². The van der Waals surface area contributed by atoms with Crippen molar-refractivity contribution in [2.45, 2.75) is 38.6 Å².